The van der Waals surface area contributed by atoms with Crippen LogP contribution in [0.3, 0.4) is 0 Å². The third kappa shape index (κ3) is 6.09. The van der Waals surface area contributed by atoms with Gasteiger partial charge in [0.1, 0.15) is 5.82 Å². The van der Waals surface area contributed by atoms with Crippen LogP contribution in [0.5, 0.6) is 0 Å². The van der Waals surface area contributed by atoms with E-state index in [1.807, 2.05) is 12.3 Å². The van der Waals surface area contributed by atoms with Gasteiger partial charge in [-0.2, -0.15) is 0 Å². The first-order valence-electron chi connectivity index (χ1n) is 9.52. The molecule has 2 aromatic rings. The third-order valence-corrected chi connectivity index (χ3v) is 5.04. The summed E-state index contributed by atoms with van der Waals surface area (Å²) in [5.74, 6) is 2.05. The van der Waals surface area contributed by atoms with Crippen LogP contribution in [0, 0.1) is 0 Å². The fourth-order valence-electron chi connectivity index (χ4n) is 3.17. The highest BCUT2D eigenvalue weighted by atomic mass is 127. The van der Waals surface area contributed by atoms with E-state index >= 15 is 0 Å². The Balaban J connectivity index is 0.00000261. The lowest BCUT2D eigenvalue weighted by atomic mass is 9.99. The second-order valence-electron chi connectivity index (χ2n) is 6.97. The van der Waals surface area contributed by atoms with E-state index in [0.29, 0.717) is 18.4 Å². The van der Waals surface area contributed by atoms with Crippen LogP contribution in [0.25, 0.3) is 0 Å². The molecule has 146 valence electrons. The van der Waals surface area contributed by atoms with E-state index < -0.39 is 0 Å². The number of benzene rings is 1. The summed E-state index contributed by atoms with van der Waals surface area (Å²) in [6.45, 7) is 7.18. The minimum atomic E-state index is 0. The molecular weight excluding hydrogens is 449 g/mol. The molecule has 1 aliphatic heterocycles. The zero-order chi connectivity index (χ0) is 18.4. The molecule has 1 atom stereocenters. The van der Waals surface area contributed by atoms with Crippen LogP contribution in [-0.4, -0.2) is 24.0 Å². The Morgan fingerprint density at radius 1 is 1.22 bits per heavy atom. The van der Waals surface area contributed by atoms with Gasteiger partial charge < -0.3 is 16.0 Å². The van der Waals surface area contributed by atoms with E-state index in [9.17, 15) is 0 Å². The molecule has 1 aliphatic rings. The van der Waals surface area contributed by atoms with E-state index in [1.54, 1.807) is 0 Å². The number of nitrogens with two attached hydrogens (primary N) is 1. The van der Waals surface area contributed by atoms with Crippen LogP contribution in [0.1, 0.15) is 50.2 Å². The van der Waals surface area contributed by atoms with Crippen molar-refractivity contribution in [2.24, 2.45) is 10.7 Å². The van der Waals surface area contributed by atoms with Gasteiger partial charge in [-0.15, -0.1) is 24.0 Å². The lowest BCUT2D eigenvalue weighted by Gasteiger charge is -2.16. The van der Waals surface area contributed by atoms with Crippen LogP contribution in [0.4, 0.5) is 11.5 Å². The summed E-state index contributed by atoms with van der Waals surface area (Å²) in [4.78, 5) is 11.3. The van der Waals surface area contributed by atoms with Gasteiger partial charge in [-0.1, -0.05) is 26.0 Å². The first-order chi connectivity index (χ1) is 12.7. The van der Waals surface area contributed by atoms with E-state index in [-0.39, 0.29) is 24.0 Å². The topological polar surface area (TPSA) is 66.5 Å². The van der Waals surface area contributed by atoms with Gasteiger partial charge in [0.2, 0.25) is 0 Å². The molecule has 0 bridgehead atoms. The van der Waals surface area contributed by atoms with Crippen LogP contribution in [-0.2, 0) is 6.54 Å². The highest BCUT2D eigenvalue weighted by Gasteiger charge is 2.13. The van der Waals surface area contributed by atoms with Gasteiger partial charge >= 0.3 is 0 Å². The van der Waals surface area contributed by atoms with Crippen molar-refractivity contribution in [2.45, 2.75) is 45.6 Å². The highest BCUT2D eigenvalue weighted by molar-refractivity contribution is 14.0. The molecule has 3 rings (SSSR count). The van der Waals surface area contributed by atoms with Gasteiger partial charge in [0.15, 0.2) is 5.96 Å². The van der Waals surface area contributed by atoms with Crippen molar-refractivity contribution in [2.75, 3.05) is 23.3 Å². The van der Waals surface area contributed by atoms with E-state index in [1.165, 1.54) is 18.4 Å². The highest BCUT2D eigenvalue weighted by Crippen LogP contribution is 2.21. The van der Waals surface area contributed by atoms with E-state index in [0.717, 1.165) is 36.6 Å². The first kappa shape index (κ1) is 21.5. The van der Waals surface area contributed by atoms with Crippen molar-refractivity contribution in [1.29, 1.82) is 0 Å². The summed E-state index contributed by atoms with van der Waals surface area (Å²) in [6.07, 6.45) is 5.49. The van der Waals surface area contributed by atoms with Crippen LogP contribution < -0.4 is 16.0 Å². The number of anilines is 2. The van der Waals surface area contributed by atoms with Gasteiger partial charge in [0.05, 0.1) is 6.54 Å². The normalized spacial score (nSPS) is 15.3. The number of nitrogens with one attached hydrogen (secondary N) is 1. The first-order valence-corrected chi connectivity index (χ1v) is 9.52. The van der Waals surface area contributed by atoms with E-state index in [2.05, 4.69) is 64.4 Å². The Kier molecular flexibility index (Phi) is 8.34. The average Bonchev–Trinajstić information content (AvgIpc) is 3.21. The number of pyridine rings is 1. The van der Waals surface area contributed by atoms with Crippen molar-refractivity contribution in [3.63, 3.8) is 0 Å². The lowest BCUT2D eigenvalue weighted by Crippen LogP contribution is -2.22. The number of guanidine groups is 1. The molecule has 6 heteroatoms. The summed E-state index contributed by atoms with van der Waals surface area (Å²) in [5, 5.41) is 3.17. The predicted molar refractivity (Wildman–Crippen MR) is 125 cm³/mol. The molecule has 1 unspecified atom stereocenters. The maximum atomic E-state index is 6.05. The number of aromatic nitrogens is 1. The maximum Gasteiger partial charge on any atom is 0.193 e. The zero-order valence-corrected chi connectivity index (χ0v) is 18.5. The molecule has 1 saturated heterocycles. The number of rotatable bonds is 6. The zero-order valence-electron chi connectivity index (χ0n) is 16.2. The minimum Gasteiger partial charge on any atom is -0.370 e. The molecule has 1 aromatic heterocycles. The molecule has 0 aliphatic carbocycles. The Hall–Kier alpha value is -1.83. The second-order valence-corrected chi connectivity index (χ2v) is 6.97. The number of hydrogen-bond acceptors (Lipinski definition) is 3. The Morgan fingerprint density at radius 3 is 2.59 bits per heavy atom. The number of hydrogen-bond donors (Lipinski definition) is 2. The quantitative estimate of drug-likeness (QED) is 0.357. The molecular formula is C21H30IN5. The van der Waals surface area contributed by atoms with Crippen molar-refractivity contribution < 1.29 is 0 Å². The van der Waals surface area contributed by atoms with E-state index in [4.69, 9.17) is 5.73 Å². The van der Waals surface area contributed by atoms with Crippen LogP contribution in [0.15, 0.2) is 47.6 Å². The Morgan fingerprint density at radius 2 is 1.93 bits per heavy atom. The minimum absolute atomic E-state index is 0. The second kappa shape index (κ2) is 10.5. The molecule has 5 nitrogen and oxygen atoms in total. The number of aliphatic imine (C=N–C) groups is 1. The van der Waals surface area contributed by atoms with Crippen molar-refractivity contribution in [3.05, 3.63) is 53.7 Å². The molecule has 0 amide bonds. The fraction of sp³-hybridized carbons (Fsp3) is 0.429. The van der Waals surface area contributed by atoms with Gasteiger partial charge in [-0.05, 0) is 60.6 Å². The van der Waals surface area contributed by atoms with Crippen molar-refractivity contribution in [3.8, 4) is 0 Å². The van der Waals surface area contributed by atoms with Crippen LogP contribution >= 0.6 is 24.0 Å². The molecule has 0 radical (unpaired) electrons. The van der Waals surface area contributed by atoms with Crippen LogP contribution in [0.2, 0.25) is 0 Å². The Labute approximate surface area is 179 Å². The smallest absolute Gasteiger partial charge is 0.193 e. The maximum absolute atomic E-state index is 6.05. The molecule has 0 spiro atoms. The summed E-state index contributed by atoms with van der Waals surface area (Å²) in [7, 11) is 0. The summed E-state index contributed by atoms with van der Waals surface area (Å²) in [6, 6.07) is 12.5. The SMILES string of the molecule is CCC(C)c1ccc(NC(N)=NCc2ccnc(N3CCCC3)c2)cc1.I. The van der Waals surface area contributed by atoms with Gasteiger partial charge in [-0.25, -0.2) is 9.98 Å². The number of halogens is 1. The van der Waals surface area contributed by atoms with Gasteiger partial charge in [0.25, 0.3) is 0 Å². The third-order valence-electron chi connectivity index (χ3n) is 5.04. The average molecular weight is 479 g/mol. The fourth-order valence-corrected chi connectivity index (χ4v) is 3.17. The standard InChI is InChI=1S/C21H29N5.HI/c1-3-16(2)18-6-8-19(9-7-18)25-21(22)24-15-17-10-11-23-20(14-17)26-12-4-5-13-26;/h6-11,14,16H,3-5,12-13,15H2,1-2H3,(H3,22,24,25);1H. The van der Waals surface area contributed by atoms with Gasteiger partial charge in [-0.3, -0.25) is 0 Å². The largest absolute Gasteiger partial charge is 0.370 e. The monoisotopic (exact) mass is 479 g/mol. The Bertz CT molecular complexity index is 738. The molecule has 27 heavy (non-hydrogen) atoms. The predicted octanol–water partition coefficient (Wildman–Crippen LogP) is 4.74. The lowest BCUT2D eigenvalue weighted by molar-refractivity contribution is 0.734. The molecule has 1 fully saturated rings. The summed E-state index contributed by atoms with van der Waals surface area (Å²) >= 11 is 0. The van der Waals surface area contributed by atoms with Crippen molar-refractivity contribution >= 4 is 41.4 Å². The van der Waals surface area contributed by atoms with Gasteiger partial charge in [0, 0.05) is 25.0 Å². The summed E-state index contributed by atoms with van der Waals surface area (Å²) < 4.78 is 0. The van der Waals surface area contributed by atoms with Crippen molar-refractivity contribution in [1.82, 2.24) is 4.98 Å². The number of nitrogens with zero attached hydrogens (tertiary/aromatic N) is 3. The molecule has 2 heterocycles. The molecule has 3 N–H and O–H groups in total. The summed E-state index contributed by atoms with van der Waals surface area (Å²) in [5.41, 5.74) is 9.49. The molecule has 0 saturated carbocycles. The molecule has 1 aromatic carbocycles.